The van der Waals surface area contributed by atoms with E-state index in [4.69, 9.17) is 0 Å². The van der Waals surface area contributed by atoms with Crippen LogP contribution in [0.15, 0.2) is 10.5 Å². The summed E-state index contributed by atoms with van der Waals surface area (Å²) in [6.45, 7) is 11.1. The molecule has 0 atom stereocenters. The number of carbonyl (C=O) groups excluding carboxylic acids is 1. The molecule has 6 nitrogen and oxygen atoms in total. The molecule has 0 saturated heterocycles. The van der Waals surface area contributed by atoms with E-state index in [-0.39, 0.29) is 5.91 Å². The molecule has 0 unspecified atom stereocenters. The van der Waals surface area contributed by atoms with Crippen LogP contribution in [0.2, 0.25) is 0 Å². The Hall–Kier alpha value is -1.63. The lowest BCUT2D eigenvalue weighted by Crippen LogP contribution is -2.41. The van der Waals surface area contributed by atoms with Crippen LogP contribution in [0.25, 0.3) is 0 Å². The zero-order chi connectivity index (χ0) is 17.1. The maximum absolute atomic E-state index is 12.0. The molecule has 1 aromatic heterocycles. The predicted molar refractivity (Wildman–Crippen MR) is 97.2 cm³/mol. The number of aryl methyl sites for hydroxylation is 1. The lowest BCUT2D eigenvalue weighted by Gasteiger charge is -2.14. The molecule has 0 radical (unpaired) electrons. The van der Waals surface area contributed by atoms with E-state index in [0.29, 0.717) is 23.9 Å². The fourth-order valence-electron chi connectivity index (χ4n) is 2.07. The first-order chi connectivity index (χ1) is 11.1. The van der Waals surface area contributed by atoms with Crippen LogP contribution in [0, 0.1) is 12.8 Å². The van der Waals surface area contributed by atoms with Gasteiger partial charge in [-0.3, -0.25) is 9.79 Å². The van der Waals surface area contributed by atoms with Gasteiger partial charge in [-0.2, -0.15) is 0 Å². The van der Waals surface area contributed by atoms with Crippen molar-refractivity contribution in [2.24, 2.45) is 10.9 Å². The highest BCUT2D eigenvalue weighted by Gasteiger charge is 2.10. The summed E-state index contributed by atoms with van der Waals surface area (Å²) in [6, 6.07) is 0. The minimum Gasteiger partial charge on any atom is -0.357 e. The van der Waals surface area contributed by atoms with Gasteiger partial charge in [0.2, 0.25) is 0 Å². The molecule has 23 heavy (non-hydrogen) atoms. The van der Waals surface area contributed by atoms with E-state index in [9.17, 15) is 4.79 Å². The SMILES string of the molecule is CCNC(=NCC(CC)CC)NCCNC(=O)c1scnc1C. The summed E-state index contributed by atoms with van der Waals surface area (Å²) < 4.78 is 0. The second-order valence-electron chi connectivity index (χ2n) is 5.35. The number of nitrogens with one attached hydrogen (secondary N) is 3. The van der Waals surface area contributed by atoms with Gasteiger partial charge in [-0.1, -0.05) is 26.7 Å². The Kier molecular flexibility index (Phi) is 9.28. The zero-order valence-electron chi connectivity index (χ0n) is 14.6. The average Bonchev–Trinajstić information content (AvgIpc) is 2.98. The molecule has 0 fully saturated rings. The Morgan fingerprint density at radius 1 is 1.22 bits per heavy atom. The summed E-state index contributed by atoms with van der Waals surface area (Å²) in [7, 11) is 0. The van der Waals surface area contributed by atoms with Gasteiger partial charge in [0.15, 0.2) is 5.96 Å². The maximum Gasteiger partial charge on any atom is 0.263 e. The molecule has 0 aliphatic rings. The molecule has 0 aliphatic carbocycles. The van der Waals surface area contributed by atoms with Crippen LogP contribution >= 0.6 is 11.3 Å². The van der Waals surface area contributed by atoms with E-state index in [0.717, 1.165) is 37.6 Å². The lowest BCUT2D eigenvalue weighted by molar-refractivity contribution is 0.0957. The van der Waals surface area contributed by atoms with E-state index in [2.05, 4.69) is 39.8 Å². The Morgan fingerprint density at radius 2 is 1.91 bits per heavy atom. The van der Waals surface area contributed by atoms with Gasteiger partial charge in [-0.05, 0) is 19.8 Å². The van der Waals surface area contributed by atoms with Crippen LogP contribution in [0.1, 0.15) is 49.0 Å². The highest BCUT2D eigenvalue weighted by Crippen LogP contribution is 2.11. The third-order valence-corrected chi connectivity index (χ3v) is 4.59. The zero-order valence-corrected chi connectivity index (χ0v) is 15.4. The first kappa shape index (κ1) is 19.4. The van der Waals surface area contributed by atoms with Crippen molar-refractivity contribution >= 4 is 23.2 Å². The van der Waals surface area contributed by atoms with Gasteiger partial charge in [-0.25, -0.2) is 4.98 Å². The number of guanidine groups is 1. The van der Waals surface area contributed by atoms with Crippen LogP contribution < -0.4 is 16.0 Å². The molecule has 1 amide bonds. The summed E-state index contributed by atoms with van der Waals surface area (Å²) in [4.78, 5) is 21.4. The highest BCUT2D eigenvalue weighted by atomic mass is 32.1. The summed E-state index contributed by atoms with van der Waals surface area (Å²) in [5.41, 5.74) is 2.47. The van der Waals surface area contributed by atoms with E-state index in [1.807, 2.05) is 13.8 Å². The van der Waals surface area contributed by atoms with Crippen LogP contribution in [-0.2, 0) is 0 Å². The molecular formula is C16H29N5OS. The van der Waals surface area contributed by atoms with Crippen molar-refractivity contribution in [3.8, 4) is 0 Å². The molecule has 1 heterocycles. The van der Waals surface area contributed by atoms with Crippen molar-refractivity contribution in [3.63, 3.8) is 0 Å². The Morgan fingerprint density at radius 3 is 2.48 bits per heavy atom. The molecule has 1 aromatic rings. The van der Waals surface area contributed by atoms with Gasteiger partial charge >= 0.3 is 0 Å². The smallest absolute Gasteiger partial charge is 0.263 e. The Labute approximate surface area is 143 Å². The summed E-state index contributed by atoms with van der Waals surface area (Å²) in [5.74, 6) is 1.37. The molecule has 0 spiro atoms. The summed E-state index contributed by atoms with van der Waals surface area (Å²) >= 11 is 1.37. The second-order valence-corrected chi connectivity index (χ2v) is 6.21. The number of hydrogen-bond acceptors (Lipinski definition) is 4. The van der Waals surface area contributed by atoms with Crippen LogP contribution in [0.4, 0.5) is 0 Å². The minimum absolute atomic E-state index is 0.0641. The molecule has 0 saturated carbocycles. The third-order valence-electron chi connectivity index (χ3n) is 3.66. The van der Waals surface area contributed by atoms with Gasteiger partial charge in [0.1, 0.15) is 4.88 Å². The number of amides is 1. The van der Waals surface area contributed by atoms with Gasteiger partial charge in [0.05, 0.1) is 11.2 Å². The molecule has 0 aliphatic heterocycles. The number of thiazole rings is 1. The molecular weight excluding hydrogens is 310 g/mol. The fraction of sp³-hybridized carbons (Fsp3) is 0.688. The van der Waals surface area contributed by atoms with Crippen molar-refractivity contribution in [1.29, 1.82) is 0 Å². The fourth-order valence-corrected chi connectivity index (χ4v) is 2.78. The lowest BCUT2D eigenvalue weighted by atomic mass is 10.0. The molecule has 7 heteroatoms. The first-order valence-electron chi connectivity index (χ1n) is 8.32. The van der Waals surface area contributed by atoms with Crippen LogP contribution in [0.5, 0.6) is 0 Å². The second kappa shape index (κ2) is 11.0. The number of nitrogens with zero attached hydrogens (tertiary/aromatic N) is 2. The van der Waals surface area contributed by atoms with Crippen molar-refractivity contribution < 1.29 is 4.79 Å². The van der Waals surface area contributed by atoms with Gasteiger partial charge in [0, 0.05) is 26.2 Å². The van der Waals surface area contributed by atoms with Gasteiger partial charge in [-0.15, -0.1) is 11.3 Å². The normalized spacial score (nSPS) is 11.6. The summed E-state index contributed by atoms with van der Waals surface area (Å²) in [5, 5.41) is 9.38. The largest absolute Gasteiger partial charge is 0.357 e. The van der Waals surface area contributed by atoms with Crippen molar-refractivity contribution in [1.82, 2.24) is 20.9 Å². The standard InChI is InChI=1S/C16H29N5OS/c1-5-13(6-2)10-20-16(17-7-3)19-9-8-18-15(22)14-12(4)21-11-23-14/h11,13H,5-10H2,1-4H3,(H,18,22)(H2,17,19,20). The van der Waals surface area contributed by atoms with E-state index >= 15 is 0 Å². The number of carbonyl (C=O) groups is 1. The predicted octanol–water partition coefficient (Wildman–Crippen LogP) is 2.17. The van der Waals surface area contributed by atoms with Gasteiger partial charge < -0.3 is 16.0 Å². The number of aromatic nitrogens is 1. The summed E-state index contributed by atoms with van der Waals surface area (Å²) in [6.07, 6.45) is 2.29. The van der Waals surface area contributed by atoms with Crippen LogP contribution in [-0.4, -0.2) is 43.0 Å². The topological polar surface area (TPSA) is 78.4 Å². The Bertz CT molecular complexity index is 496. The monoisotopic (exact) mass is 339 g/mol. The molecule has 130 valence electrons. The highest BCUT2D eigenvalue weighted by molar-refractivity contribution is 7.11. The minimum atomic E-state index is -0.0641. The van der Waals surface area contributed by atoms with E-state index in [1.165, 1.54) is 11.3 Å². The van der Waals surface area contributed by atoms with E-state index < -0.39 is 0 Å². The molecule has 0 bridgehead atoms. The van der Waals surface area contributed by atoms with Gasteiger partial charge in [0.25, 0.3) is 5.91 Å². The first-order valence-corrected chi connectivity index (χ1v) is 9.20. The van der Waals surface area contributed by atoms with Crippen molar-refractivity contribution in [3.05, 3.63) is 16.1 Å². The Balaban J connectivity index is 2.36. The number of aliphatic imine (C=N–C) groups is 1. The number of hydrogen-bond donors (Lipinski definition) is 3. The molecule has 3 N–H and O–H groups in total. The number of rotatable bonds is 9. The average molecular weight is 340 g/mol. The van der Waals surface area contributed by atoms with E-state index in [1.54, 1.807) is 5.51 Å². The molecule has 1 rings (SSSR count). The van der Waals surface area contributed by atoms with Crippen LogP contribution in [0.3, 0.4) is 0 Å². The molecule has 0 aromatic carbocycles. The quantitative estimate of drug-likeness (QED) is 0.366. The third kappa shape index (κ3) is 6.99. The van der Waals surface area contributed by atoms with Crippen molar-refractivity contribution in [2.75, 3.05) is 26.2 Å². The van der Waals surface area contributed by atoms with Crippen molar-refractivity contribution in [2.45, 2.75) is 40.5 Å². The maximum atomic E-state index is 12.0.